The minimum atomic E-state index is -1.08. The van der Waals surface area contributed by atoms with Crippen molar-refractivity contribution in [2.45, 2.75) is 32.7 Å². The zero-order valence-electron chi connectivity index (χ0n) is 14.0. The number of carboxylic acids is 1. The molecule has 0 unspecified atom stereocenters. The van der Waals surface area contributed by atoms with Crippen LogP contribution in [0.3, 0.4) is 0 Å². The lowest BCUT2D eigenvalue weighted by Crippen LogP contribution is -2.43. The summed E-state index contributed by atoms with van der Waals surface area (Å²) in [5.74, 6) is -1.68. The number of hydrogen-bond acceptors (Lipinski definition) is 4. The molecule has 1 aromatic carbocycles. The van der Waals surface area contributed by atoms with Gasteiger partial charge in [-0.25, -0.2) is 4.79 Å². The van der Waals surface area contributed by atoms with Crippen LogP contribution in [0.1, 0.15) is 25.3 Å². The number of aryl methyl sites for hydroxylation is 1. The molecule has 7 heteroatoms. The average Bonchev–Trinajstić information content (AvgIpc) is 2.93. The third-order valence-corrected chi connectivity index (χ3v) is 4.14. The van der Waals surface area contributed by atoms with Gasteiger partial charge < -0.3 is 20.1 Å². The SMILES string of the molecule is CC[C@H](NC(=O)[C@@H]1CC(=O)N(c2cc(C)ccc2OC)C1)C(=O)O. The van der Waals surface area contributed by atoms with E-state index in [2.05, 4.69) is 5.32 Å². The van der Waals surface area contributed by atoms with Crippen molar-refractivity contribution in [3.8, 4) is 5.75 Å². The minimum absolute atomic E-state index is 0.0545. The van der Waals surface area contributed by atoms with Gasteiger partial charge in [-0.05, 0) is 31.0 Å². The van der Waals surface area contributed by atoms with Crippen LogP contribution in [-0.2, 0) is 14.4 Å². The molecule has 0 radical (unpaired) electrons. The topological polar surface area (TPSA) is 95.9 Å². The van der Waals surface area contributed by atoms with Crippen molar-refractivity contribution in [1.29, 1.82) is 0 Å². The molecule has 2 N–H and O–H groups in total. The summed E-state index contributed by atoms with van der Waals surface area (Å²) in [5.41, 5.74) is 1.60. The van der Waals surface area contributed by atoms with Crippen LogP contribution in [0.5, 0.6) is 5.75 Å². The summed E-state index contributed by atoms with van der Waals surface area (Å²) in [4.78, 5) is 37.2. The van der Waals surface area contributed by atoms with Crippen molar-refractivity contribution < 1.29 is 24.2 Å². The lowest BCUT2D eigenvalue weighted by Gasteiger charge is -2.20. The molecule has 2 atom stereocenters. The number of nitrogens with one attached hydrogen (secondary N) is 1. The number of methoxy groups -OCH3 is 1. The van der Waals surface area contributed by atoms with Gasteiger partial charge in [0.05, 0.1) is 18.7 Å². The predicted octanol–water partition coefficient (Wildman–Crippen LogP) is 1.34. The molecule has 1 aliphatic heterocycles. The van der Waals surface area contributed by atoms with Gasteiger partial charge in [0, 0.05) is 13.0 Å². The van der Waals surface area contributed by atoms with Crippen molar-refractivity contribution in [1.82, 2.24) is 5.32 Å². The molecule has 2 amide bonds. The Morgan fingerprint density at radius 2 is 2.17 bits per heavy atom. The van der Waals surface area contributed by atoms with Crippen LogP contribution >= 0.6 is 0 Å². The number of benzene rings is 1. The number of ether oxygens (including phenoxy) is 1. The van der Waals surface area contributed by atoms with Gasteiger partial charge in [-0.2, -0.15) is 0 Å². The van der Waals surface area contributed by atoms with Crippen molar-refractivity contribution in [3.63, 3.8) is 0 Å². The van der Waals surface area contributed by atoms with Gasteiger partial charge in [-0.15, -0.1) is 0 Å². The van der Waals surface area contributed by atoms with Gasteiger partial charge in [-0.1, -0.05) is 13.0 Å². The molecule has 0 spiro atoms. The predicted molar refractivity (Wildman–Crippen MR) is 88.0 cm³/mol. The maximum atomic E-state index is 12.3. The first-order chi connectivity index (χ1) is 11.4. The number of carboxylic acid groups (broad SMARTS) is 1. The van der Waals surface area contributed by atoms with E-state index in [-0.39, 0.29) is 25.3 Å². The van der Waals surface area contributed by atoms with Gasteiger partial charge in [0.2, 0.25) is 11.8 Å². The second-order valence-electron chi connectivity index (χ2n) is 5.89. The first-order valence-electron chi connectivity index (χ1n) is 7.85. The highest BCUT2D eigenvalue weighted by Crippen LogP contribution is 2.33. The first-order valence-corrected chi connectivity index (χ1v) is 7.85. The molecular weight excluding hydrogens is 312 g/mol. The number of anilines is 1. The van der Waals surface area contributed by atoms with Crippen LogP contribution in [0.15, 0.2) is 18.2 Å². The zero-order valence-corrected chi connectivity index (χ0v) is 14.0. The van der Waals surface area contributed by atoms with Gasteiger partial charge >= 0.3 is 5.97 Å². The normalized spacial score (nSPS) is 18.4. The Morgan fingerprint density at radius 1 is 1.46 bits per heavy atom. The zero-order chi connectivity index (χ0) is 17.9. The maximum absolute atomic E-state index is 12.3. The van der Waals surface area contributed by atoms with Crippen LogP contribution in [0.25, 0.3) is 0 Å². The quantitative estimate of drug-likeness (QED) is 0.818. The molecule has 0 saturated carbocycles. The molecule has 0 aromatic heterocycles. The second-order valence-corrected chi connectivity index (χ2v) is 5.89. The van der Waals surface area contributed by atoms with E-state index in [9.17, 15) is 14.4 Å². The molecule has 2 rings (SSSR count). The molecule has 1 aromatic rings. The summed E-state index contributed by atoms with van der Waals surface area (Å²) in [6, 6.07) is 4.56. The molecule has 130 valence electrons. The van der Waals surface area contributed by atoms with Gasteiger partial charge in [0.1, 0.15) is 11.8 Å². The fourth-order valence-corrected chi connectivity index (χ4v) is 2.75. The molecule has 0 bridgehead atoms. The van der Waals surface area contributed by atoms with Crippen LogP contribution in [0.4, 0.5) is 5.69 Å². The van der Waals surface area contributed by atoms with Gasteiger partial charge in [-0.3, -0.25) is 9.59 Å². The number of hydrogen-bond donors (Lipinski definition) is 2. The Labute approximate surface area is 140 Å². The number of carbonyl (C=O) groups is 3. The van der Waals surface area contributed by atoms with Gasteiger partial charge in [0.15, 0.2) is 0 Å². The molecule has 1 saturated heterocycles. The highest BCUT2D eigenvalue weighted by Gasteiger charge is 2.37. The van der Waals surface area contributed by atoms with E-state index in [0.29, 0.717) is 11.4 Å². The van der Waals surface area contributed by atoms with E-state index >= 15 is 0 Å². The Bertz CT molecular complexity index is 658. The van der Waals surface area contributed by atoms with Crippen LogP contribution in [0, 0.1) is 12.8 Å². The van der Waals surface area contributed by atoms with E-state index in [0.717, 1.165) is 5.56 Å². The van der Waals surface area contributed by atoms with Crippen molar-refractivity contribution >= 4 is 23.5 Å². The number of aliphatic carboxylic acids is 1. The Kier molecular flexibility index (Phi) is 5.43. The molecule has 1 heterocycles. The highest BCUT2D eigenvalue weighted by atomic mass is 16.5. The minimum Gasteiger partial charge on any atom is -0.495 e. The first kappa shape index (κ1) is 17.8. The van der Waals surface area contributed by atoms with Crippen LogP contribution < -0.4 is 15.0 Å². The summed E-state index contributed by atoms with van der Waals surface area (Å²) in [5, 5.41) is 11.5. The fourth-order valence-electron chi connectivity index (χ4n) is 2.75. The summed E-state index contributed by atoms with van der Waals surface area (Å²) >= 11 is 0. The lowest BCUT2D eigenvalue weighted by atomic mass is 10.1. The average molecular weight is 334 g/mol. The number of rotatable bonds is 6. The van der Waals surface area contributed by atoms with E-state index in [4.69, 9.17) is 9.84 Å². The van der Waals surface area contributed by atoms with Gasteiger partial charge in [0.25, 0.3) is 0 Å². The van der Waals surface area contributed by atoms with Crippen LogP contribution in [0.2, 0.25) is 0 Å². The summed E-state index contributed by atoms with van der Waals surface area (Å²) in [6.45, 7) is 3.80. The summed E-state index contributed by atoms with van der Waals surface area (Å²) in [6.07, 6.45) is 0.343. The van der Waals surface area contributed by atoms with Crippen molar-refractivity contribution in [3.05, 3.63) is 23.8 Å². The number of amides is 2. The Balaban J connectivity index is 2.15. The number of carbonyl (C=O) groups excluding carboxylic acids is 2. The van der Waals surface area contributed by atoms with Crippen molar-refractivity contribution in [2.75, 3.05) is 18.6 Å². The van der Waals surface area contributed by atoms with Crippen molar-refractivity contribution in [2.24, 2.45) is 5.92 Å². The third-order valence-electron chi connectivity index (χ3n) is 4.14. The number of nitrogens with zero attached hydrogens (tertiary/aromatic N) is 1. The van der Waals surface area contributed by atoms with E-state index in [1.807, 2.05) is 19.1 Å². The standard InChI is InChI=1S/C17H22N2O5/c1-4-12(17(22)23)18-16(21)11-8-15(20)19(9-11)13-7-10(2)5-6-14(13)24-3/h5-7,11-12H,4,8-9H2,1-3H3,(H,18,21)(H,22,23)/t11-,12+/m1/s1. The smallest absolute Gasteiger partial charge is 0.326 e. The molecular formula is C17H22N2O5. The third kappa shape index (κ3) is 3.67. The van der Waals surface area contributed by atoms with Crippen LogP contribution in [-0.4, -0.2) is 42.6 Å². The van der Waals surface area contributed by atoms with E-state index in [1.165, 1.54) is 12.0 Å². The highest BCUT2D eigenvalue weighted by molar-refractivity contribution is 6.01. The monoisotopic (exact) mass is 334 g/mol. The Hall–Kier alpha value is -2.57. The second kappa shape index (κ2) is 7.33. The molecule has 1 aliphatic rings. The molecule has 1 fully saturated rings. The van der Waals surface area contributed by atoms with E-state index < -0.39 is 23.8 Å². The Morgan fingerprint density at radius 3 is 2.75 bits per heavy atom. The molecule has 7 nitrogen and oxygen atoms in total. The van der Waals surface area contributed by atoms with E-state index in [1.54, 1.807) is 13.0 Å². The maximum Gasteiger partial charge on any atom is 0.326 e. The molecule has 0 aliphatic carbocycles. The molecule has 24 heavy (non-hydrogen) atoms. The summed E-state index contributed by atoms with van der Waals surface area (Å²) in [7, 11) is 1.53. The largest absolute Gasteiger partial charge is 0.495 e. The lowest BCUT2D eigenvalue weighted by molar-refractivity contribution is -0.142. The summed E-state index contributed by atoms with van der Waals surface area (Å²) < 4.78 is 5.30. The fraction of sp³-hybridized carbons (Fsp3) is 0.471.